The van der Waals surface area contributed by atoms with Crippen LogP contribution < -0.4 is 5.32 Å². The Bertz CT molecular complexity index is 690. The molecule has 2 heterocycles. The predicted octanol–water partition coefficient (Wildman–Crippen LogP) is 3.55. The lowest BCUT2D eigenvalue weighted by molar-refractivity contribution is -0.126. The average molecular weight is 402 g/mol. The Morgan fingerprint density at radius 1 is 1.03 bits per heavy atom. The monoisotopic (exact) mass is 401 g/mol. The summed E-state index contributed by atoms with van der Waals surface area (Å²) in [4.78, 5) is 29.1. The Morgan fingerprint density at radius 2 is 1.69 bits per heavy atom. The van der Waals surface area contributed by atoms with Crippen molar-refractivity contribution in [2.24, 2.45) is 5.92 Å². The van der Waals surface area contributed by atoms with Gasteiger partial charge in [0.2, 0.25) is 5.91 Å². The van der Waals surface area contributed by atoms with Gasteiger partial charge in [-0.05, 0) is 70.7 Å². The first-order valence-corrected chi connectivity index (χ1v) is 10.9. The van der Waals surface area contributed by atoms with E-state index >= 15 is 0 Å². The van der Waals surface area contributed by atoms with Crippen molar-refractivity contribution in [3.8, 4) is 0 Å². The number of rotatable bonds is 5. The number of benzene rings is 1. The Hall–Kier alpha value is -2.08. The molecule has 0 bridgehead atoms. The van der Waals surface area contributed by atoms with Gasteiger partial charge in [0.05, 0.1) is 5.92 Å². The van der Waals surface area contributed by atoms with Gasteiger partial charge in [-0.3, -0.25) is 9.69 Å². The second kappa shape index (κ2) is 9.61. The molecular weight excluding hydrogens is 366 g/mol. The minimum atomic E-state index is -0.521. The number of ether oxygens (including phenoxy) is 1. The molecule has 2 aliphatic heterocycles. The van der Waals surface area contributed by atoms with Gasteiger partial charge < -0.3 is 15.0 Å². The molecular formula is C23H35N3O3. The summed E-state index contributed by atoms with van der Waals surface area (Å²) >= 11 is 0. The van der Waals surface area contributed by atoms with Gasteiger partial charge >= 0.3 is 6.09 Å². The quantitative estimate of drug-likeness (QED) is 0.820. The molecule has 6 heteroatoms. The molecule has 3 rings (SSSR count). The number of likely N-dealkylation sites (tertiary alicyclic amines) is 2. The van der Waals surface area contributed by atoms with E-state index < -0.39 is 5.60 Å². The van der Waals surface area contributed by atoms with E-state index in [4.69, 9.17) is 4.74 Å². The molecule has 6 nitrogen and oxygen atoms in total. The number of carbonyl (C=O) groups is 2. The fraction of sp³-hybridized carbons (Fsp3) is 0.652. The zero-order valence-electron chi connectivity index (χ0n) is 18.1. The molecule has 29 heavy (non-hydrogen) atoms. The van der Waals surface area contributed by atoms with Gasteiger partial charge in [-0.2, -0.15) is 0 Å². The number of nitrogens with one attached hydrogen (secondary N) is 1. The van der Waals surface area contributed by atoms with Crippen molar-refractivity contribution in [3.05, 3.63) is 35.4 Å². The second-order valence-corrected chi connectivity index (χ2v) is 9.28. The normalized spacial score (nSPS) is 20.5. The van der Waals surface area contributed by atoms with Crippen LogP contribution >= 0.6 is 0 Å². The first kappa shape index (κ1) is 21.6. The van der Waals surface area contributed by atoms with Gasteiger partial charge in [0.15, 0.2) is 0 Å². The lowest BCUT2D eigenvalue weighted by Gasteiger charge is -2.33. The minimum absolute atomic E-state index is 0.0133. The summed E-state index contributed by atoms with van der Waals surface area (Å²) < 4.78 is 5.45. The first-order valence-electron chi connectivity index (χ1n) is 10.9. The lowest BCUT2D eigenvalue weighted by atomic mass is 9.97. The molecule has 2 amide bonds. The third kappa shape index (κ3) is 6.74. The molecule has 2 aliphatic rings. The highest BCUT2D eigenvalue weighted by molar-refractivity contribution is 5.80. The smallest absolute Gasteiger partial charge is 0.410 e. The molecule has 2 saturated heterocycles. The van der Waals surface area contributed by atoms with Crippen LogP contribution in [-0.4, -0.2) is 53.6 Å². The van der Waals surface area contributed by atoms with E-state index in [1.807, 2.05) is 20.8 Å². The minimum Gasteiger partial charge on any atom is -0.444 e. The zero-order valence-corrected chi connectivity index (χ0v) is 18.1. The lowest BCUT2D eigenvalue weighted by Crippen LogP contribution is -2.46. The van der Waals surface area contributed by atoms with Crippen molar-refractivity contribution >= 4 is 12.0 Å². The molecule has 160 valence electrons. The predicted molar refractivity (Wildman–Crippen MR) is 113 cm³/mol. The largest absolute Gasteiger partial charge is 0.444 e. The molecule has 0 saturated carbocycles. The van der Waals surface area contributed by atoms with Crippen LogP contribution in [0.1, 0.15) is 57.6 Å². The van der Waals surface area contributed by atoms with E-state index in [2.05, 4.69) is 34.5 Å². The van der Waals surface area contributed by atoms with Crippen LogP contribution in [0.3, 0.4) is 0 Å². The summed E-state index contributed by atoms with van der Waals surface area (Å²) in [5.74, 6) is -0.162. The van der Waals surface area contributed by atoms with Crippen molar-refractivity contribution in [1.82, 2.24) is 15.1 Å². The molecule has 1 aromatic rings. The number of carbonyl (C=O) groups excluding carboxylic acids is 2. The number of amides is 2. The Morgan fingerprint density at radius 3 is 2.34 bits per heavy atom. The van der Waals surface area contributed by atoms with Crippen LogP contribution in [0.5, 0.6) is 0 Å². The van der Waals surface area contributed by atoms with Crippen LogP contribution in [0.4, 0.5) is 4.79 Å². The molecule has 1 atom stereocenters. The number of hydrogen-bond donors (Lipinski definition) is 1. The van der Waals surface area contributed by atoms with E-state index in [0.717, 1.165) is 24.9 Å². The molecule has 1 unspecified atom stereocenters. The van der Waals surface area contributed by atoms with E-state index in [1.165, 1.54) is 31.5 Å². The molecule has 0 aliphatic carbocycles. The maximum Gasteiger partial charge on any atom is 0.410 e. The fourth-order valence-corrected chi connectivity index (χ4v) is 3.98. The average Bonchev–Trinajstić information content (AvgIpc) is 3.19. The Labute approximate surface area is 174 Å². The maximum atomic E-state index is 12.6. The van der Waals surface area contributed by atoms with Gasteiger partial charge in [0.25, 0.3) is 0 Å². The second-order valence-electron chi connectivity index (χ2n) is 9.28. The Balaban J connectivity index is 1.45. The van der Waals surface area contributed by atoms with E-state index in [9.17, 15) is 9.59 Å². The third-order valence-corrected chi connectivity index (χ3v) is 5.54. The number of piperidine rings is 1. The summed E-state index contributed by atoms with van der Waals surface area (Å²) in [6.07, 6.45) is 3.90. The van der Waals surface area contributed by atoms with Gasteiger partial charge in [0, 0.05) is 26.2 Å². The highest BCUT2D eigenvalue weighted by Gasteiger charge is 2.30. The van der Waals surface area contributed by atoms with Crippen molar-refractivity contribution in [3.63, 3.8) is 0 Å². The summed E-state index contributed by atoms with van der Waals surface area (Å²) in [6, 6.07) is 8.51. The van der Waals surface area contributed by atoms with Crippen LogP contribution in [0, 0.1) is 5.92 Å². The summed E-state index contributed by atoms with van der Waals surface area (Å²) in [5, 5.41) is 3.04. The Kier molecular flexibility index (Phi) is 7.17. The van der Waals surface area contributed by atoms with Gasteiger partial charge in [0.1, 0.15) is 5.60 Å². The van der Waals surface area contributed by atoms with Crippen LogP contribution in [0.2, 0.25) is 0 Å². The molecule has 1 N–H and O–H groups in total. The van der Waals surface area contributed by atoms with E-state index in [0.29, 0.717) is 19.6 Å². The highest BCUT2D eigenvalue weighted by Crippen LogP contribution is 2.20. The highest BCUT2D eigenvalue weighted by atomic mass is 16.6. The third-order valence-electron chi connectivity index (χ3n) is 5.54. The van der Waals surface area contributed by atoms with Crippen LogP contribution in [0.15, 0.2) is 24.3 Å². The van der Waals surface area contributed by atoms with Crippen molar-refractivity contribution in [1.29, 1.82) is 0 Å². The SMILES string of the molecule is CC(C)(C)OC(=O)N1CCCC(C(=O)NCc2ccc(CN3CCCC3)cc2)C1. The number of nitrogens with zero attached hydrogens (tertiary/aromatic N) is 2. The molecule has 2 fully saturated rings. The summed E-state index contributed by atoms with van der Waals surface area (Å²) in [5.41, 5.74) is 1.90. The van der Waals surface area contributed by atoms with Gasteiger partial charge in [-0.15, -0.1) is 0 Å². The van der Waals surface area contributed by atoms with Gasteiger partial charge in [-0.25, -0.2) is 4.79 Å². The maximum absolute atomic E-state index is 12.6. The molecule has 0 radical (unpaired) electrons. The van der Waals surface area contributed by atoms with Crippen molar-refractivity contribution in [2.45, 2.75) is 65.1 Å². The topological polar surface area (TPSA) is 61.9 Å². The van der Waals surface area contributed by atoms with E-state index in [-0.39, 0.29) is 17.9 Å². The summed E-state index contributed by atoms with van der Waals surface area (Å²) in [7, 11) is 0. The molecule has 0 spiro atoms. The van der Waals surface area contributed by atoms with Gasteiger partial charge in [-0.1, -0.05) is 24.3 Å². The zero-order chi connectivity index (χ0) is 20.9. The van der Waals surface area contributed by atoms with Crippen molar-refractivity contribution < 1.29 is 14.3 Å². The van der Waals surface area contributed by atoms with Crippen molar-refractivity contribution in [2.75, 3.05) is 26.2 Å². The van der Waals surface area contributed by atoms with E-state index in [1.54, 1.807) is 4.90 Å². The molecule has 0 aromatic heterocycles. The number of hydrogen-bond acceptors (Lipinski definition) is 4. The first-order chi connectivity index (χ1) is 13.8. The van der Waals surface area contributed by atoms with Crippen LogP contribution in [0.25, 0.3) is 0 Å². The standard InChI is InChI=1S/C23H35N3O3/c1-23(2,3)29-22(28)26-14-6-7-20(17-26)21(27)24-15-18-8-10-19(11-9-18)16-25-12-4-5-13-25/h8-11,20H,4-7,12-17H2,1-3H3,(H,24,27). The fourth-order valence-electron chi connectivity index (χ4n) is 3.98. The van der Waals surface area contributed by atoms with Crippen LogP contribution in [-0.2, 0) is 22.6 Å². The summed E-state index contributed by atoms with van der Waals surface area (Å²) in [6.45, 7) is 10.6. The molecule has 1 aromatic carbocycles.